The SMILES string of the molecule is COc1ccc(CNCCCC(C)N)cc1Br. The lowest BCUT2D eigenvalue weighted by molar-refractivity contribution is 0.412. The Morgan fingerprint density at radius 1 is 1.47 bits per heavy atom. The Balaban J connectivity index is 2.30. The van der Waals surface area contributed by atoms with E-state index in [4.69, 9.17) is 10.5 Å². The Bertz CT molecular complexity index is 342. The van der Waals surface area contributed by atoms with E-state index in [0.717, 1.165) is 36.2 Å². The van der Waals surface area contributed by atoms with Gasteiger partial charge >= 0.3 is 0 Å². The van der Waals surface area contributed by atoms with E-state index in [0.29, 0.717) is 6.04 Å². The van der Waals surface area contributed by atoms with Crippen LogP contribution in [0.3, 0.4) is 0 Å². The quantitative estimate of drug-likeness (QED) is 0.761. The summed E-state index contributed by atoms with van der Waals surface area (Å²) in [5.74, 6) is 0.866. The molecule has 0 radical (unpaired) electrons. The van der Waals surface area contributed by atoms with Gasteiger partial charge in [0.1, 0.15) is 5.75 Å². The van der Waals surface area contributed by atoms with Crippen LogP contribution in [0.2, 0.25) is 0 Å². The summed E-state index contributed by atoms with van der Waals surface area (Å²) in [6, 6.07) is 6.43. The minimum absolute atomic E-state index is 0.298. The largest absolute Gasteiger partial charge is 0.496 e. The zero-order valence-electron chi connectivity index (χ0n) is 10.5. The van der Waals surface area contributed by atoms with Gasteiger partial charge in [0.25, 0.3) is 0 Å². The predicted molar refractivity (Wildman–Crippen MR) is 75.3 cm³/mol. The van der Waals surface area contributed by atoms with Crippen LogP contribution >= 0.6 is 15.9 Å². The maximum Gasteiger partial charge on any atom is 0.133 e. The molecule has 1 aromatic rings. The Kier molecular flexibility index (Phi) is 6.55. The summed E-state index contributed by atoms with van der Waals surface area (Å²) >= 11 is 3.48. The van der Waals surface area contributed by atoms with Gasteiger partial charge in [0.05, 0.1) is 11.6 Å². The lowest BCUT2D eigenvalue weighted by atomic mass is 10.2. The summed E-state index contributed by atoms with van der Waals surface area (Å²) in [4.78, 5) is 0. The smallest absolute Gasteiger partial charge is 0.133 e. The molecule has 3 N–H and O–H groups in total. The van der Waals surface area contributed by atoms with Gasteiger partial charge in [0, 0.05) is 12.6 Å². The number of methoxy groups -OCH3 is 1. The number of benzene rings is 1. The lowest BCUT2D eigenvalue weighted by Gasteiger charge is -2.08. The molecule has 0 bridgehead atoms. The van der Waals surface area contributed by atoms with Crippen LogP contribution in [-0.2, 0) is 6.54 Å². The van der Waals surface area contributed by atoms with Gasteiger partial charge in [-0.3, -0.25) is 0 Å². The van der Waals surface area contributed by atoms with Gasteiger partial charge in [0.2, 0.25) is 0 Å². The Hall–Kier alpha value is -0.580. The van der Waals surface area contributed by atoms with Crippen molar-refractivity contribution in [3.8, 4) is 5.75 Å². The van der Waals surface area contributed by atoms with Crippen molar-refractivity contribution in [2.75, 3.05) is 13.7 Å². The van der Waals surface area contributed by atoms with E-state index in [1.165, 1.54) is 5.56 Å². The molecule has 0 aliphatic carbocycles. The number of rotatable bonds is 7. The molecular weight excluding hydrogens is 280 g/mol. The van der Waals surface area contributed by atoms with E-state index < -0.39 is 0 Å². The average molecular weight is 301 g/mol. The molecule has 1 aromatic carbocycles. The second-order valence-electron chi connectivity index (χ2n) is 4.27. The summed E-state index contributed by atoms with van der Waals surface area (Å²) in [6.45, 7) is 3.92. The number of nitrogens with one attached hydrogen (secondary N) is 1. The van der Waals surface area contributed by atoms with Crippen LogP contribution in [0.4, 0.5) is 0 Å². The van der Waals surface area contributed by atoms with Crippen molar-refractivity contribution in [3.05, 3.63) is 28.2 Å². The van der Waals surface area contributed by atoms with Gasteiger partial charge in [-0.05, 0) is 59.9 Å². The predicted octanol–water partition coefficient (Wildman–Crippen LogP) is 2.67. The van der Waals surface area contributed by atoms with Crippen molar-refractivity contribution in [1.29, 1.82) is 0 Å². The van der Waals surface area contributed by atoms with Gasteiger partial charge in [-0.2, -0.15) is 0 Å². The molecule has 0 heterocycles. The number of hydrogen-bond acceptors (Lipinski definition) is 3. The average Bonchev–Trinajstić information content (AvgIpc) is 2.28. The second kappa shape index (κ2) is 7.69. The van der Waals surface area contributed by atoms with Crippen molar-refractivity contribution in [3.63, 3.8) is 0 Å². The summed E-state index contributed by atoms with van der Waals surface area (Å²) in [7, 11) is 1.67. The summed E-state index contributed by atoms with van der Waals surface area (Å²) < 4.78 is 6.18. The van der Waals surface area contributed by atoms with Crippen molar-refractivity contribution >= 4 is 15.9 Å². The second-order valence-corrected chi connectivity index (χ2v) is 5.12. The highest BCUT2D eigenvalue weighted by Gasteiger charge is 2.01. The lowest BCUT2D eigenvalue weighted by Crippen LogP contribution is -2.19. The first kappa shape index (κ1) is 14.5. The fourth-order valence-electron chi connectivity index (χ4n) is 1.60. The molecule has 0 saturated carbocycles. The molecule has 1 atom stereocenters. The Morgan fingerprint density at radius 2 is 2.24 bits per heavy atom. The minimum atomic E-state index is 0.298. The van der Waals surface area contributed by atoms with Gasteiger partial charge in [-0.15, -0.1) is 0 Å². The summed E-state index contributed by atoms with van der Waals surface area (Å²) in [5.41, 5.74) is 6.94. The van der Waals surface area contributed by atoms with Crippen molar-refractivity contribution < 1.29 is 4.74 Å². The molecule has 17 heavy (non-hydrogen) atoms. The number of halogens is 1. The van der Waals surface area contributed by atoms with E-state index in [2.05, 4.69) is 33.4 Å². The zero-order valence-corrected chi connectivity index (χ0v) is 12.1. The fraction of sp³-hybridized carbons (Fsp3) is 0.538. The van der Waals surface area contributed by atoms with Crippen molar-refractivity contribution in [2.24, 2.45) is 5.73 Å². The van der Waals surface area contributed by atoms with Gasteiger partial charge in [0.15, 0.2) is 0 Å². The molecule has 0 amide bonds. The highest BCUT2D eigenvalue weighted by Crippen LogP contribution is 2.25. The van der Waals surface area contributed by atoms with Crippen LogP contribution < -0.4 is 15.8 Å². The number of ether oxygens (including phenoxy) is 1. The Labute approximate surface area is 112 Å². The molecule has 0 spiro atoms. The van der Waals surface area contributed by atoms with Gasteiger partial charge in [-0.1, -0.05) is 6.07 Å². The molecule has 0 aromatic heterocycles. The monoisotopic (exact) mass is 300 g/mol. The third-order valence-corrected chi connectivity index (χ3v) is 3.18. The van der Waals surface area contributed by atoms with E-state index >= 15 is 0 Å². The first-order valence-electron chi connectivity index (χ1n) is 5.92. The number of hydrogen-bond donors (Lipinski definition) is 2. The molecule has 0 aliphatic rings. The molecule has 1 unspecified atom stereocenters. The van der Waals surface area contributed by atoms with Crippen LogP contribution in [0.15, 0.2) is 22.7 Å². The maximum absolute atomic E-state index is 5.69. The van der Waals surface area contributed by atoms with Gasteiger partial charge in [-0.25, -0.2) is 0 Å². The van der Waals surface area contributed by atoms with E-state index in [1.54, 1.807) is 7.11 Å². The highest BCUT2D eigenvalue weighted by molar-refractivity contribution is 9.10. The molecular formula is C13H21BrN2O. The van der Waals surface area contributed by atoms with Crippen LogP contribution in [0.1, 0.15) is 25.3 Å². The van der Waals surface area contributed by atoms with Crippen LogP contribution in [0.25, 0.3) is 0 Å². The van der Waals surface area contributed by atoms with E-state index in [9.17, 15) is 0 Å². The van der Waals surface area contributed by atoms with Gasteiger partial charge < -0.3 is 15.8 Å². The van der Waals surface area contributed by atoms with Crippen molar-refractivity contribution in [2.45, 2.75) is 32.4 Å². The van der Waals surface area contributed by atoms with Crippen LogP contribution in [-0.4, -0.2) is 19.7 Å². The molecule has 96 valence electrons. The van der Waals surface area contributed by atoms with Crippen molar-refractivity contribution in [1.82, 2.24) is 5.32 Å². The first-order valence-corrected chi connectivity index (χ1v) is 6.71. The number of nitrogens with two attached hydrogens (primary N) is 1. The molecule has 4 heteroatoms. The minimum Gasteiger partial charge on any atom is -0.496 e. The first-order chi connectivity index (χ1) is 8.13. The molecule has 0 saturated heterocycles. The third kappa shape index (κ3) is 5.52. The summed E-state index contributed by atoms with van der Waals surface area (Å²) in [6.07, 6.45) is 2.19. The fourth-order valence-corrected chi connectivity index (χ4v) is 2.19. The maximum atomic E-state index is 5.69. The third-order valence-electron chi connectivity index (χ3n) is 2.56. The standard InChI is InChI=1S/C13H21BrN2O/c1-10(15)4-3-7-16-9-11-5-6-13(17-2)12(14)8-11/h5-6,8,10,16H,3-4,7,9,15H2,1-2H3. The molecule has 0 aliphatic heterocycles. The Morgan fingerprint density at radius 3 is 2.82 bits per heavy atom. The molecule has 1 rings (SSSR count). The summed E-state index contributed by atoms with van der Waals surface area (Å²) in [5, 5.41) is 3.40. The topological polar surface area (TPSA) is 47.3 Å². The van der Waals surface area contributed by atoms with E-state index in [1.807, 2.05) is 13.0 Å². The molecule has 3 nitrogen and oxygen atoms in total. The zero-order chi connectivity index (χ0) is 12.7. The van der Waals surface area contributed by atoms with E-state index in [-0.39, 0.29) is 0 Å². The molecule has 0 fully saturated rings. The normalized spacial score (nSPS) is 12.5. The highest BCUT2D eigenvalue weighted by atomic mass is 79.9. The van der Waals surface area contributed by atoms with Crippen LogP contribution in [0, 0.1) is 0 Å². The van der Waals surface area contributed by atoms with Crippen LogP contribution in [0.5, 0.6) is 5.75 Å².